The average molecular weight is 656 g/mol. The minimum Gasteiger partial charge on any atom is -0.463 e. The molecule has 17 heteroatoms. The molecule has 0 amide bonds. The van der Waals surface area contributed by atoms with E-state index in [1.807, 2.05) is 6.07 Å². The quantitative estimate of drug-likeness (QED) is 0.193. The van der Waals surface area contributed by atoms with Gasteiger partial charge in [-0.05, 0) is 18.2 Å². The van der Waals surface area contributed by atoms with Gasteiger partial charge in [0.25, 0.3) is 0 Å². The molecule has 0 saturated carbocycles. The molecule has 43 heavy (non-hydrogen) atoms. The van der Waals surface area contributed by atoms with Crippen LogP contribution in [-0.4, -0.2) is 68.2 Å². The highest BCUT2D eigenvalue weighted by molar-refractivity contribution is 7.99. The van der Waals surface area contributed by atoms with E-state index in [0.29, 0.717) is 4.90 Å². The third-order valence-corrected chi connectivity index (χ3v) is 7.70. The van der Waals surface area contributed by atoms with Crippen molar-refractivity contribution in [2.75, 3.05) is 6.61 Å². The van der Waals surface area contributed by atoms with E-state index in [1.54, 1.807) is 0 Å². The molecule has 1 aliphatic heterocycles. The van der Waals surface area contributed by atoms with Crippen LogP contribution in [0.15, 0.2) is 35.5 Å². The van der Waals surface area contributed by atoms with E-state index >= 15 is 0 Å². The van der Waals surface area contributed by atoms with Crippen LogP contribution in [0, 0.1) is 23.0 Å². The second-order valence-electron chi connectivity index (χ2n) is 9.05. The summed E-state index contributed by atoms with van der Waals surface area (Å²) in [5.74, 6) is -4.18. The van der Waals surface area contributed by atoms with Crippen molar-refractivity contribution in [1.29, 1.82) is 5.26 Å². The van der Waals surface area contributed by atoms with Crippen LogP contribution in [0.5, 0.6) is 0 Å². The molecule has 12 nitrogen and oxygen atoms in total. The molecule has 226 valence electrons. The standard InChI is InChI=1S/C26H21Cl2F2N5O7S/c1-11(36)39-10-21-24(40-12(2)37)23(35-9-20(33-34-35)14-4-17(29)22(28)18(30)5-14)25(41-13(3)38)26(42-21)43-15-6-16(27)19(7-31)32-8-15/h4-6,8-9,21,23-26H,10H2,1-3H3/t21?,23?,24-,25?,26+/m0/s1. The number of carbonyl (C=O) groups is 3. The van der Waals surface area contributed by atoms with Gasteiger partial charge in [-0.2, -0.15) is 5.26 Å². The smallest absolute Gasteiger partial charge is 0.303 e. The monoisotopic (exact) mass is 655 g/mol. The molecule has 0 spiro atoms. The Morgan fingerprint density at radius 2 is 1.72 bits per heavy atom. The van der Waals surface area contributed by atoms with E-state index in [-0.39, 0.29) is 28.6 Å². The number of halogens is 4. The number of ether oxygens (including phenoxy) is 4. The Kier molecular flexibility index (Phi) is 10.2. The zero-order chi connectivity index (χ0) is 31.4. The van der Waals surface area contributed by atoms with Gasteiger partial charge in [0.1, 0.15) is 52.6 Å². The predicted octanol–water partition coefficient (Wildman–Crippen LogP) is 4.28. The molecule has 3 aromatic rings. The fourth-order valence-corrected chi connectivity index (χ4v) is 5.74. The minimum atomic E-state index is -1.27. The van der Waals surface area contributed by atoms with Crippen molar-refractivity contribution in [3.8, 4) is 17.3 Å². The predicted molar refractivity (Wildman–Crippen MR) is 146 cm³/mol. The van der Waals surface area contributed by atoms with E-state index in [0.717, 1.165) is 37.7 Å². The number of esters is 3. The molecule has 1 fully saturated rings. The zero-order valence-electron chi connectivity index (χ0n) is 22.5. The molecule has 2 aromatic heterocycles. The van der Waals surface area contributed by atoms with Crippen molar-refractivity contribution < 1.29 is 42.1 Å². The second kappa shape index (κ2) is 13.6. The molecule has 5 atom stereocenters. The van der Waals surface area contributed by atoms with E-state index in [4.69, 9.17) is 47.4 Å². The third-order valence-electron chi connectivity index (χ3n) is 5.94. The number of nitriles is 1. The van der Waals surface area contributed by atoms with Crippen LogP contribution in [0.1, 0.15) is 32.5 Å². The fraction of sp³-hybridized carbons (Fsp3) is 0.346. The van der Waals surface area contributed by atoms with Crippen molar-refractivity contribution >= 4 is 52.9 Å². The lowest BCUT2D eigenvalue weighted by Crippen LogP contribution is -2.57. The van der Waals surface area contributed by atoms with Crippen LogP contribution < -0.4 is 0 Å². The molecule has 1 aromatic carbocycles. The van der Waals surface area contributed by atoms with Gasteiger partial charge in [0.05, 0.1) is 11.2 Å². The first-order valence-electron chi connectivity index (χ1n) is 12.3. The fourth-order valence-electron chi connectivity index (χ4n) is 4.24. The van der Waals surface area contributed by atoms with E-state index < -0.39 is 64.4 Å². The molecule has 3 unspecified atom stereocenters. The summed E-state index contributed by atoms with van der Waals surface area (Å²) in [7, 11) is 0. The van der Waals surface area contributed by atoms with Crippen LogP contribution in [0.2, 0.25) is 10.0 Å². The molecule has 4 rings (SSSR count). The first-order chi connectivity index (χ1) is 20.4. The lowest BCUT2D eigenvalue weighted by Gasteiger charge is -2.44. The Morgan fingerprint density at radius 3 is 2.30 bits per heavy atom. The molecule has 1 aliphatic rings. The van der Waals surface area contributed by atoms with E-state index in [2.05, 4.69) is 15.3 Å². The van der Waals surface area contributed by atoms with Gasteiger partial charge in [-0.1, -0.05) is 40.2 Å². The highest BCUT2D eigenvalue weighted by atomic mass is 35.5. The van der Waals surface area contributed by atoms with Crippen molar-refractivity contribution in [3.05, 3.63) is 58.0 Å². The van der Waals surface area contributed by atoms with Crippen molar-refractivity contribution in [1.82, 2.24) is 20.0 Å². The van der Waals surface area contributed by atoms with Crippen LogP contribution in [0.4, 0.5) is 8.78 Å². The van der Waals surface area contributed by atoms with Gasteiger partial charge in [-0.3, -0.25) is 14.4 Å². The number of carbonyl (C=O) groups excluding carboxylic acids is 3. The van der Waals surface area contributed by atoms with Gasteiger partial charge < -0.3 is 18.9 Å². The number of rotatable bonds is 8. The first-order valence-corrected chi connectivity index (χ1v) is 13.9. The largest absolute Gasteiger partial charge is 0.463 e. The summed E-state index contributed by atoms with van der Waals surface area (Å²) in [6.45, 7) is 3.08. The number of hydrogen-bond acceptors (Lipinski definition) is 12. The first kappa shape index (κ1) is 32.1. The molecule has 0 bridgehead atoms. The maximum absolute atomic E-state index is 14.2. The topological polar surface area (TPSA) is 156 Å². The minimum absolute atomic E-state index is 0.00733. The number of nitrogens with zero attached hydrogens (tertiary/aromatic N) is 5. The van der Waals surface area contributed by atoms with Crippen molar-refractivity contribution in [2.45, 2.75) is 55.5 Å². The van der Waals surface area contributed by atoms with Crippen molar-refractivity contribution in [3.63, 3.8) is 0 Å². The molecule has 0 aliphatic carbocycles. The van der Waals surface area contributed by atoms with Gasteiger partial charge in [-0.25, -0.2) is 18.4 Å². The third kappa shape index (κ3) is 7.57. The van der Waals surface area contributed by atoms with Gasteiger partial charge in [0.15, 0.2) is 17.9 Å². The summed E-state index contributed by atoms with van der Waals surface area (Å²) in [4.78, 5) is 40.6. The van der Waals surface area contributed by atoms with Crippen LogP contribution in [-0.2, 0) is 33.3 Å². The number of aromatic nitrogens is 4. The number of benzene rings is 1. The van der Waals surface area contributed by atoms with Crippen molar-refractivity contribution in [2.24, 2.45) is 0 Å². The van der Waals surface area contributed by atoms with Crippen LogP contribution in [0.3, 0.4) is 0 Å². The molecule has 1 saturated heterocycles. The molecule has 0 N–H and O–H groups in total. The highest BCUT2D eigenvalue weighted by Gasteiger charge is 2.52. The Morgan fingerprint density at radius 1 is 1.07 bits per heavy atom. The summed E-state index contributed by atoms with van der Waals surface area (Å²) in [6.07, 6.45) is -0.982. The Balaban J connectivity index is 1.82. The Bertz CT molecular complexity index is 1580. The summed E-state index contributed by atoms with van der Waals surface area (Å²) in [5, 5.41) is 16.6. The number of pyridine rings is 1. The molecular formula is C26H21Cl2F2N5O7S. The SMILES string of the molecule is CC(=O)OCC1O[C@H](Sc2cnc(C#N)c(Cl)c2)C(OC(C)=O)C(n2cc(-c3cc(F)c(Cl)c(F)c3)nn2)[C@H]1OC(C)=O. The van der Waals surface area contributed by atoms with E-state index in [1.165, 1.54) is 30.1 Å². The average Bonchev–Trinajstić information content (AvgIpc) is 3.41. The van der Waals surface area contributed by atoms with Gasteiger partial charge >= 0.3 is 17.9 Å². The maximum Gasteiger partial charge on any atom is 0.303 e. The Labute approximate surface area is 257 Å². The van der Waals surface area contributed by atoms with Gasteiger partial charge in [-0.15, -0.1) is 5.10 Å². The summed E-state index contributed by atoms with van der Waals surface area (Å²) in [5.41, 5.74) is -1.10. The summed E-state index contributed by atoms with van der Waals surface area (Å²) in [6, 6.07) is 4.06. The van der Waals surface area contributed by atoms with E-state index in [9.17, 15) is 23.2 Å². The Hall–Kier alpha value is -3.84. The number of thioether (sulfide) groups is 1. The summed E-state index contributed by atoms with van der Waals surface area (Å²) >= 11 is 12.8. The molecule has 0 radical (unpaired) electrons. The van der Waals surface area contributed by atoms with Crippen LogP contribution >= 0.6 is 35.0 Å². The second-order valence-corrected chi connectivity index (χ2v) is 11.0. The normalized spacial score (nSPS) is 21.5. The lowest BCUT2D eigenvalue weighted by atomic mass is 9.96. The zero-order valence-corrected chi connectivity index (χ0v) is 24.8. The van der Waals surface area contributed by atoms with Gasteiger partial charge in [0, 0.05) is 37.4 Å². The lowest BCUT2D eigenvalue weighted by molar-refractivity contribution is -0.212. The molecule has 3 heterocycles. The van der Waals surface area contributed by atoms with Crippen LogP contribution in [0.25, 0.3) is 11.3 Å². The number of hydrogen-bond donors (Lipinski definition) is 0. The van der Waals surface area contributed by atoms with Gasteiger partial charge in [0.2, 0.25) is 0 Å². The maximum atomic E-state index is 14.2. The highest BCUT2D eigenvalue weighted by Crippen LogP contribution is 2.42. The summed E-state index contributed by atoms with van der Waals surface area (Å²) < 4.78 is 52.2. The molecular weight excluding hydrogens is 635 g/mol.